The van der Waals surface area contributed by atoms with Crippen molar-refractivity contribution in [3.8, 4) is 17.2 Å². The summed E-state index contributed by atoms with van der Waals surface area (Å²) in [7, 11) is 4.84. The van der Waals surface area contributed by atoms with Crippen molar-refractivity contribution in [3.05, 3.63) is 15.7 Å². The summed E-state index contributed by atoms with van der Waals surface area (Å²) >= 11 is 2.20. The third-order valence-electron chi connectivity index (χ3n) is 1.96. The molecule has 1 aromatic rings. The van der Waals surface area contributed by atoms with Gasteiger partial charge in [-0.15, -0.1) is 0 Å². The molecule has 0 saturated carbocycles. The molecule has 0 atom stereocenters. The Hall–Kier alpha value is -0.690. The van der Waals surface area contributed by atoms with Crippen molar-refractivity contribution < 1.29 is 18.9 Å². The van der Waals surface area contributed by atoms with E-state index in [-0.39, 0.29) is 0 Å². The second kappa shape index (κ2) is 6.80. The number of methoxy groups -OCH3 is 3. The fourth-order valence-electron chi connectivity index (χ4n) is 1.22. The molecule has 0 bridgehead atoms. The van der Waals surface area contributed by atoms with Gasteiger partial charge in [0.1, 0.15) is 6.61 Å². The van der Waals surface area contributed by atoms with E-state index in [0.29, 0.717) is 30.5 Å². The SMILES string of the molecule is COCCOc1c(OC)cc(I)cc1OC. The van der Waals surface area contributed by atoms with Crippen LogP contribution in [0.25, 0.3) is 0 Å². The molecule has 0 amide bonds. The zero-order valence-corrected chi connectivity index (χ0v) is 11.7. The van der Waals surface area contributed by atoms with Crippen molar-refractivity contribution in [3.63, 3.8) is 0 Å². The Morgan fingerprint density at radius 2 is 1.56 bits per heavy atom. The Kier molecular flexibility index (Phi) is 5.68. The highest BCUT2D eigenvalue weighted by atomic mass is 127. The predicted octanol–water partition coefficient (Wildman–Crippen LogP) is 2.33. The molecule has 16 heavy (non-hydrogen) atoms. The lowest BCUT2D eigenvalue weighted by Crippen LogP contribution is -2.06. The lowest BCUT2D eigenvalue weighted by Gasteiger charge is -2.14. The Bertz CT molecular complexity index is 316. The maximum Gasteiger partial charge on any atom is 0.203 e. The maximum absolute atomic E-state index is 5.57. The minimum atomic E-state index is 0.462. The molecular weight excluding hydrogens is 323 g/mol. The molecule has 0 aliphatic heterocycles. The van der Waals surface area contributed by atoms with Crippen LogP contribution in [0, 0.1) is 3.57 Å². The lowest BCUT2D eigenvalue weighted by molar-refractivity contribution is 0.142. The number of ether oxygens (including phenoxy) is 4. The van der Waals surface area contributed by atoms with Crippen LogP contribution in [0.15, 0.2) is 12.1 Å². The zero-order chi connectivity index (χ0) is 12.0. The first-order valence-corrected chi connectivity index (χ1v) is 5.84. The highest BCUT2D eigenvalue weighted by molar-refractivity contribution is 14.1. The van der Waals surface area contributed by atoms with Crippen LogP contribution in [0.2, 0.25) is 0 Å². The van der Waals surface area contributed by atoms with Crippen molar-refractivity contribution in [2.75, 3.05) is 34.5 Å². The Balaban J connectivity index is 2.93. The molecule has 0 unspecified atom stereocenters. The summed E-state index contributed by atoms with van der Waals surface area (Å²) in [6.07, 6.45) is 0. The maximum atomic E-state index is 5.57. The van der Waals surface area contributed by atoms with Gasteiger partial charge in [0.05, 0.1) is 20.8 Å². The van der Waals surface area contributed by atoms with Gasteiger partial charge in [-0.25, -0.2) is 0 Å². The van der Waals surface area contributed by atoms with Gasteiger partial charge in [0.2, 0.25) is 5.75 Å². The molecule has 1 rings (SSSR count). The van der Waals surface area contributed by atoms with Crippen molar-refractivity contribution in [1.82, 2.24) is 0 Å². The third kappa shape index (κ3) is 3.41. The Morgan fingerprint density at radius 3 is 2.00 bits per heavy atom. The van der Waals surface area contributed by atoms with Crippen molar-refractivity contribution in [1.29, 1.82) is 0 Å². The summed E-state index contributed by atoms with van der Waals surface area (Å²) in [4.78, 5) is 0. The molecule has 5 heteroatoms. The highest BCUT2D eigenvalue weighted by Crippen LogP contribution is 2.38. The first-order valence-electron chi connectivity index (χ1n) is 4.76. The number of halogens is 1. The molecule has 0 radical (unpaired) electrons. The van der Waals surface area contributed by atoms with Crippen LogP contribution in [0.1, 0.15) is 0 Å². The molecule has 0 spiro atoms. The lowest BCUT2D eigenvalue weighted by atomic mass is 10.3. The van der Waals surface area contributed by atoms with Crippen molar-refractivity contribution in [2.24, 2.45) is 0 Å². The largest absolute Gasteiger partial charge is 0.493 e. The highest BCUT2D eigenvalue weighted by Gasteiger charge is 2.13. The Morgan fingerprint density at radius 1 is 1.00 bits per heavy atom. The van der Waals surface area contributed by atoms with E-state index in [2.05, 4.69) is 22.6 Å². The number of hydrogen-bond donors (Lipinski definition) is 0. The zero-order valence-electron chi connectivity index (χ0n) is 9.58. The minimum absolute atomic E-state index is 0.462. The summed E-state index contributed by atoms with van der Waals surface area (Å²) in [6, 6.07) is 3.79. The van der Waals surface area contributed by atoms with Gasteiger partial charge in [0, 0.05) is 10.7 Å². The fourth-order valence-corrected chi connectivity index (χ4v) is 1.78. The number of hydrogen-bond acceptors (Lipinski definition) is 4. The summed E-state index contributed by atoms with van der Waals surface area (Å²) in [5.41, 5.74) is 0. The van der Waals surface area contributed by atoms with Gasteiger partial charge in [0.25, 0.3) is 0 Å². The first kappa shape index (κ1) is 13.4. The van der Waals surface area contributed by atoms with Crippen molar-refractivity contribution >= 4 is 22.6 Å². The molecule has 90 valence electrons. The van der Waals surface area contributed by atoms with Crippen LogP contribution in [0.3, 0.4) is 0 Å². The third-order valence-corrected chi connectivity index (χ3v) is 2.58. The van der Waals surface area contributed by atoms with E-state index in [0.717, 1.165) is 3.57 Å². The molecule has 0 aliphatic carbocycles. The van der Waals surface area contributed by atoms with Gasteiger partial charge in [0.15, 0.2) is 11.5 Å². The van der Waals surface area contributed by atoms with E-state index in [9.17, 15) is 0 Å². The second-order valence-corrected chi connectivity index (χ2v) is 4.23. The second-order valence-electron chi connectivity index (χ2n) is 2.98. The topological polar surface area (TPSA) is 36.9 Å². The molecule has 0 N–H and O–H groups in total. The van der Waals surface area contributed by atoms with Crippen LogP contribution in [-0.2, 0) is 4.74 Å². The molecule has 0 fully saturated rings. The van der Waals surface area contributed by atoms with E-state index < -0.39 is 0 Å². The summed E-state index contributed by atoms with van der Waals surface area (Å²) in [5, 5.41) is 0. The first-order chi connectivity index (χ1) is 7.72. The molecule has 1 aromatic carbocycles. The molecule has 0 saturated heterocycles. The predicted molar refractivity (Wildman–Crippen MR) is 69.6 cm³/mol. The van der Waals surface area contributed by atoms with Gasteiger partial charge in [-0.1, -0.05) is 0 Å². The average Bonchev–Trinajstić information content (AvgIpc) is 2.30. The number of rotatable bonds is 6. The van der Waals surface area contributed by atoms with Crippen LogP contribution in [0.4, 0.5) is 0 Å². The van der Waals surface area contributed by atoms with Gasteiger partial charge >= 0.3 is 0 Å². The van der Waals surface area contributed by atoms with E-state index in [1.807, 2.05) is 12.1 Å². The molecule has 4 nitrogen and oxygen atoms in total. The van der Waals surface area contributed by atoms with Crippen LogP contribution in [0.5, 0.6) is 17.2 Å². The molecule has 0 aromatic heterocycles. The summed E-state index contributed by atoms with van der Waals surface area (Å²) in [5.74, 6) is 1.95. The number of benzene rings is 1. The monoisotopic (exact) mass is 338 g/mol. The van der Waals surface area contributed by atoms with Crippen LogP contribution < -0.4 is 14.2 Å². The van der Waals surface area contributed by atoms with E-state index in [1.165, 1.54) is 0 Å². The van der Waals surface area contributed by atoms with Crippen molar-refractivity contribution in [2.45, 2.75) is 0 Å². The van der Waals surface area contributed by atoms with Gasteiger partial charge < -0.3 is 18.9 Å². The molecule has 0 aliphatic rings. The average molecular weight is 338 g/mol. The fraction of sp³-hybridized carbons (Fsp3) is 0.455. The summed E-state index contributed by atoms with van der Waals surface area (Å²) in [6.45, 7) is 0.988. The quantitative estimate of drug-likeness (QED) is 0.589. The van der Waals surface area contributed by atoms with Gasteiger partial charge in [-0.3, -0.25) is 0 Å². The smallest absolute Gasteiger partial charge is 0.203 e. The van der Waals surface area contributed by atoms with E-state index >= 15 is 0 Å². The molecular formula is C11H15IO4. The minimum Gasteiger partial charge on any atom is -0.493 e. The van der Waals surface area contributed by atoms with Crippen LogP contribution >= 0.6 is 22.6 Å². The van der Waals surface area contributed by atoms with Gasteiger partial charge in [-0.05, 0) is 34.7 Å². The normalized spacial score (nSPS) is 10.0. The van der Waals surface area contributed by atoms with Crippen LogP contribution in [-0.4, -0.2) is 34.5 Å². The van der Waals surface area contributed by atoms with Gasteiger partial charge in [-0.2, -0.15) is 0 Å². The standard InChI is InChI=1S/C11H15IO4/c1-13-4-5-16-11-9(14-2)6-8(12)7-10(11)15-3/h6-7H,4-5H2,1-3H3. The Labute approximate surface area is 109 Å². The van der Waals surface area contributed by atoms with E-state index in [1.54, 1.807) is 21.3 Å². The molecule has 0 heterocycles. The summed E-state index contributed by atoms with van der Waals surface area (Å²) < 4.78 is 22.0. The van der Waals surface area contributed by atoms with E-state index in [4.69, 9.17) is 18.9 Å².